The standard InChI is InChI=1S/C22H22N2O5/c1-12-8-14-9-15(29-21(14)16-5-7-19(25)24-20(12)16)11-23-22(26)13-4-6-17(27-2)18(10-13)28-3/h4-8,10,15H,9,11H2,1-3H3,(H,23,26)(H,24,25). The molecule has 4 rings (SSSR count). The third-order valence-corrected chi connectivity index (χ3v) is 5.11. The Hall–Kier alpha value is -3.48. The van der Waals surface area contributed by atoms with Crippen LogP contribution in [0, 0.1) is 6.92 Å². The van der Waals surface area contributed by atoms with Crippen LogP contribution in [0.2, 0.25) is 0 Å². The molecule has 0 aliphatic carbocycles. The molecule has 0 radical (unpaired) electrons. The molecule has 0 saturated heterocycles. The Morgan fingerprint density at radius 3 is 2.72 bits per heavy atom. The lowest BCUT2D eigenvalue weighted by Gasteiger charge is -2.14. The van der Waals surface area contributed by atoms with Gasteiger partial charge in [-0.2, -0.15) is 0 Å². The normalized spacial score (nSPS) is 14.9. The third-order valence-electron chi connectivity index (χ3n) is 5.11. The van der Waals surface area contributed by atoms with Crippen molar-refractivity contribution in [1.82, 2.24) is 10.3 Å². The lowest BCUT2D eigenvalue weighted by molar-refractivity contribution is 0.0933. The summed E-state index contributed by atoms with van der Waals surface area (Å²) in [5.74, 6) is 1.63. The first-order valence-electron chi connectivity index (χ1n) is 9.32. The molecular weight excluding hydrogens is 372 g/mol. The fourth-order valence-electron chi connectivity index (χ4n) is 3.69. The number of pyridine rings is 1. The van der Waals surface area contributed by atoms with Crippen LogP contribution < -0.4 is 25.1 Å². The summed E-state index contributed by atoms with van der Waals surface area (Å²) in [4.78, 5) is 27.0. The molecule has 7 nitrogen and oxygen atoms in total. The average molecular weight is 394 g/mol. The maximum atomic E-state index is 12.5. The number of methoxy groups -OCH3 is 2. The molecule has 3 aromatic rings. The van der Waals surface area contributed by atoms with E-state index in [2.05, 4.69) is 10.3 Å². The van der Waals surface area contributed by atoms with Crippen LogP contribution in [0.5, 0.6) is 17.2 Å². The summed E-state index contributed by atoms with van der Waals surface area (Å²) in [7, 11) is 3.08. The molecule has 29 heavy (non-hydrogen) atoms. The van der Waals surface area contributed by atoms with Gasteiger partial charge in [0.05, 0.1) is 26.3 Å². The molecule has 0 spiro atoms. The van der Waals surface area contributed by atoms with Crippen LogP contribution in [0.3, 0.4) is 0 Å². The molecule has 1 aromatic heterocycles. The number of hydrogen-bond donors (Lipinski definition) is 2. The molecule has 1 amide bonds. The van der Waals surface area contributed by atoms with Crippen LogP contribution in [0.15, 0.2) is 41.2 Å². The molecule has 7 heteroatoms. The van der Waals surface area contributed by atoms with Gasteiger partial charge in [0, 0.05) is 23.4 Å². The van der Waals surface area contributed by atoms with Crippen molar-refractivity contribution in [2.45, 2.75) is 19.4 Å². The van der Waals surface area contributed by atoms with Gasteiger partial charge in [0.25, 0.3) is 5.91 Å². The van der Waals surface area contributed by atoms with Crippen LogP contribution in [0.4, 0.5) is 0 Å². The highest BCUT2D eigenvalue weighted by molar-refractivity contribution is 5.95. The number of nitrogens with one attached hydrogen (secondary N) is 2. The van der Waals surface area contributed by atoms with E-state index >= 15 is 0 Å². The number of aryl methyl sites for hydroxylation is 1. The summed E-state index contributed by atoms with van der Waals surface area (Å²) in [6, 6.07) is 10.3. The highest BCUT2D eigenvalue weighted by Gasteiger charge is 2.26. The summed E-state index contributed by atoms with van der Waals surface area (Å²) in [5.41, 5.74) is 3.20. The Labute approximate surface area is 167 Å². The lowest BCUT2D eigenvalue weighted by atomic mass is 10.0. The first-order valence-corrected chi connectivity index (χ1v) is 9.32. The molecule has 1 aliphatic heterocycles. The van der Waals surface area contributed by atoms with Gasteiger partial charge >= 0.3 is 0 Å². The van der Waals surface area contributed by atoms with Crippen molar-refractivity contribution in [3.8, 4) is 17.2 Å². The maximum absolute atomic E-state index is 12.5. The minimum absolute atomic E-state index is 0.141. The van der Waals surface area contributed by atoms with Gasteiger partial charge in [-0.1, -0.05) is 6.07 Å². The van der Waals surface area contributed by atoms with Crippen molar-refractivity contribution in [1.29, 1.82) is 0 Å². The van der Waals surface area contributed by atoms with Crippen molar-refractivity contribution in [3.05, 3.63) is 63.4 Å². The van der Waals surface area contributed by atoms with Crippen LogP contribution in [0.25, 0.3) is 10.9 Å². The molecule has 2 aromatic carbocycles. The molecule has 0 fully saturated rings. The van der Waals surface area contributed by atoms with Crippen molar-refractivity contribution in [2.75, 3.05) is 20.8 Å². The summed E-state index contributed by atoms with van der Waals surface area (Å²) < 4.78 is 16.6. The van der Waals surface area contributed by atoms with Crippen LogP contribution in [0.1, 0.15) is 21.5 Å². The number of hydrogen-bond acceptors (Lipinski definition) is 5. The predicted octanol–water partition coefficient (Wildman–Crippen LogP) is 2.59. The molecule has 2 N–H and O–H groups in total. The smallest absolute Gasteiger partial charge is 0.251 e. The van der Waals surface area contributed by atoms with Gasteiger partial charge < -0.3 is 24.5 Å². The van der Waals surface area contributed by atoms with Gasteiger partial charge in [0.15, 0.2) is 11.5 Å². The second-order valence-corrected chi connectivity index (χ2v) is 7.02. The minimum atomic E-state index is -0.212. The Morgan fingerprint density at radius 2 is 1.97 bits per heavy atom. The van der Waals surface area contributed by atoms with E-state index in [1.807, 2.05) is 13.0 Å². The molecule has 1 aliphatic rings. The number of ether oxygens (including phenoxy) is 3. The Morgan fingerprint density at radius 1 is 1.17 bits per heavy atom. The van der Waals surface area contributed by atoms with E-state index in [0.29, 0.717) is 30.0 Å². The number of aromatic amines is 1. The molecule has 2 heterocycles. The highest BCUT2D eigenvalue weighted by atomic mass is 16.5. The number of benzene rings is 2. The first kappa shape index (κ1) is 18.9. The lowest BCUT2D eigenvalue weighted by Crippen LogP contribution is -2.34. The maximum Gasteiger partial charge on any atom is 0.251 e. The predicted molar refractivity (Wildman–Crippen MR) is 109 cm³/mol. The number of carbonyl (C=O) groups is 1. The Bertz CT molecular complexity index is 1150. The quantitative estimate of drug-likeness (QED) is 0.694. The van der Waals surface area contributed by atoms with E-state index in [4.69, 9.17) is 14.2 Å². The Kier molecular flexibility index (Phi) is 4.88. The third kappa shape index (κ3) is 3.51. The number of rotatable bonds is 5. The number of H-pyrrole nitrogens is 1. The fourth-order valence-corrected chi connectivity index (χ4v) is 3.69. The Balaban J connectivity index is 1.48. The summed E-state index contributed by atoms with van der Waals surface area (Å²) >= 11 is 0. The van der Waals surface area contributed by atoms with Gasteiger partial charge in [-0.15, -0.1) is 0 Å². The van der Waals surface area contributed by atoms with Gasteiger partial charge in [0.2, 0.25) is 5.56 Å². The van der Waals surface area contributed by atoms with E-state index in [-0.39, 0.29) is 17.6 Å². The number of amides is 1. The highest BCUT2D eigenvalue weighted by Crippen LogP contribution is 2.37. The zero-order valence-electron chi connectivity index (χ0n) is 16.5. The summed E-state index contributed by atoms with van der Waals surface area (Å²) in [6.07, 6.45) is 0.517. The second-order valence-electron chi connectivity index (χ2n) is 7.02. The first-order chi connectivity index (χ1) is 14.0. The molecular formula is C22H22N2O5. The zero-order valence-corrected chi connectivity index (χ0v) is 16.5. The molecule has 0 saturated carbocycles. The van der Waals surface area contributed by atoms with Gasteiger partial charge in [-0.25, -0.2) is 0 Å². The van der Waals surface area contributed by atoms with E-state index < -0.39 is 0 Å². The molecule has 0 bridgehead atoms. The topological polar surface area (TPSA) is 89.7 Å². The zero-order chi connectivity index (χ0) is 20.5. The van der Waals surface area contributed by atoms with Crippen LogP contribution >= 0.6 is 0 Å². The van der Waals surface area contributed by atoms with Crippen LogP contribution in [-0.4, -0.2) is 37.8 Å². The van der Waals surface area contributed by atoms with Gasteiger partial charge in [0.1, 0.15) is 11.9 Å². The number of carbonyl (C=O) groups excluding carboxylic acids is 1. The van der Waals surface area contributed by atoms with Crippen molar-refractivity contribution in [2.24, 2.45) is 0 Å². The van der Waals surface area contributed by atoms with Crippen molar-refractivity contribution < 1.29 is 19.0 Å². The van der Waals surface area contributed by atoms with Gasteiger partial charge in [-0.3, -0.25) is 9.59 Å². The monoisotopic (exact) mass is 394 g/mol. The van der Waals surface area contributed by atoms with E-state index in [0.717, 1.165) is 27.8 Å². The summed E-state index contributed by atoms with van der Waals surface area (Å²) in [6.45, 7) is 2.33. The van der Waals surface area contributed by atoms with E-state index in [1.54, 1.807) is 31.4 Å². The second kappa shape index (κ2) is 7.50. The SMILES string of the molecule is COc1ccc(C(=O)NCC2Cc3cc(C)c4[nH]c(=O)ccc4c3O2)cc1OC. The largest absolute Gasteiger partial charge is 0.493 e. The van der Waals surface area contributed by atoms with E-state index in [1.165, 1.54) is 13.2 Å². The average Bonchev–Trinajstić information content (AvgIpc) is 3.14. The molecule has 1 unspecified atom stereocenters. The van der Waals surface area contributed by atoms with Crippen molar-refractivity contribution in [3.63, 3.8) is 0 Å². The number of aromatic nitrogens is 1. The van der Waals surface area contributed by atoms with Crippen LogP contribution in [-0.2, 0) is 6.42 Å². The number of fused-ring (bicyclic) bond motifs is 3. The fraction of sp³-hybridized carbons (Fsp3) is 0.273. The van der Waals surface area contributed by atoms with E-state index in [9.17, 15) is 9.59 Å². The molecule has 1 atom stereocenters. The minimum Gasteiger partial charge on any atom is -0.493 e. The molecule has 150 valence electrons. The van der Waals surface area contributed by atoms with Crippen molar-refractivity contribution >= 4 is 16.8 Å². The van der Waals surface area contributed by atoms with Gasteiger partial charge in [-0.05, 0) is 42.3 Å². The summed E-state index contributed by atoms with van der Waals surface area (Å²) in [5, 5.41) is 3.80.